The number of guanidine groups is 1. The number of nitrogens with zero attached hydrogens (tertiary/aromatic N) is 2. The molecule has 2 fully saturated rings. The van der Waals surface area contributed by atoms with Crippen LogP contribution in [0.5, 0.6) is 0 Å². The van der Waals surface area contributed by atoms with Gasteiger partial charge in [0, 0.05) is 32.9 Å². The average Bonchev–Trinajstić information content (AvgIpc) is 2.99. The normalized spacial score (nSPS) is 24.2. The second-order valence-corrected chi connectivity index (χ2v) is 9.64. The SMILES string of the molecule is CN=C(NCc1ccc(CS(C)(=O)=O)cc1)N1CC2CCCCC2C1. The first kappa shape index (κ1) is 18.2. The highest BCUT2D eigenvalue weighted by Crippen LogP contribution is 2.35. The summed E-state index contributed by atoms with van der Waals surface area (Å²) in [6.07, 6.45) is 6.74. The first-order chi connectivity index (χ1) is 11.9. The molecule has 0 bridgehead atoms. The van der Waals surface area contributed by atoms with Crippen LogP contribution in [0.2, 0.25) is 0 Å². The molecule has 1 saturated heterocycles. The lowest BCUT2D eigenvalue weighted by atomic mass is 9.82. The van der Waals surface area contributed by atoms with Crippen molar-refractivity contribution in [2.45, 2.75) is 38.0 Å². The van der Waals surface area contributed by atoms with Gasteiger partial charge in [-0.1, -0.05) is 37.1 Å². The molecule has 0 aromatic heterocycles. The fourth-order valence-corrected chi connectivity index (χ4v) is 4.95. The van der Waals surface area contributed by atoms with Crippen molar-refractivity contribution >= 4 is 15.8 Å². The number of hydrogen-bond acceptors (Lipinski definition) is 3. The number of hydrogen-bond donors (Lipinski definition) is 1. The molecule has 1 heterocycles. The Balaban J connectivity index is 1.55. The summed E-state index contributed by atoms with van der Waals surface area (Å²) in [4.78, 5) is 6.86. The Bertz CT molecular complexity index is 699. The predicted molar refractivity (Wildman–Crippen MR) is 102 cm³/mol. The van der Waals surface area contributed by atoms with E-state index in [1.54, 1.807) is 0 Å². The van der Waals surface area contributed by atoms with Crippen LogP contribution in [0.25, 0.3) is 0 Å². The molecule has 5 nitrogen and oxygen atoms in total. The van der Waals surface area contributed by atoms with Crippen molar-refractivity contribution in [2.75, 3.05) is 26.4 Å². The molecule has 1 saturated carbocycles. The van der Waals surface area contributed by atoms with Gasteiger partial charge in [0.1, 0.15) is 0 Å². The molecule has 6 heteroatoms. The Morgan fingerprint density at radius 3 is 2.20 bits per heavy atom. The van der Waals surface area contributed by atoms with Gasteiger partial charge < -0.3 is 10.2 Å². The van der Waals surface area contributed by atoms with Gasteiger partial charge in [0.15, 0.2) is 15.8 Å². The fourth-order valence-electron chi connectivity index (χ4n) is 4.15. The minimum absolute atomic E-state index is 0.0962. The lowest BCUT2D eigenvalue weighted by molar-refractivity contribution is 0.299. The van der Waals surface area contributed by atoms with E-state index in [0.717, 1.165) is 42.0 Å². The van der Waals surface area contributed by atoms with Gasteiger partial charge in [-0.3, -0.25) is 4.99 Å². The zero-order valence-corrected chi connectivity index (χ0v) is 16.1. The van der Waals surface area contributed by atoms with Crippen molar-refractivity contribution in [1.29, 1.82) is 0 Å². The molecule has 2 aliphatic rings. The summed E-state index contributed by atoms with van der Waals surface area (Å²) in [5, 5.41) is 3.46. The summed E-state index contributed by atoms with van der Waals surface area (Å²) in [5.74, 6) is 2.75. The van der Waals surface area contributed by atoms with Crippen LogP contribution in [0, 0.1) is 11.8 Å². The maximum absolute atomic E-state index is 11.4. The molecular weight excluding hydrogens is 334 g/mol. The molecule has 1 aliphatic heterocycles. The van der Waals surface area contributed by atoms with Crippen LogP contribution in [0.1, 0.15) is 36.8 Å². The quantitative estimate of drug-likeness (QED) is 0.659. The van der Waals surface area contributed by atoms with Gasteiger partial charge in [-0.2, -0.15) is 0 Å². The van der Waals surface area contributed by atoms with Crippen molar-refractivity contribution in [3.8, 4) is 0 Å². The summed E-state index contributed by atoms with van der Waals surface area (Å²) in [5.41, 5.74) is 1.97. The highest BCUT2D eigenvalue weighted by Gasteiger charge is 2.35. The Morgan fingerprint density at radius 1 is 1.12 bits per heavy atom. The lowest BCUT2D eigenvalue weighted by Crippen LogP contribution is -2.39. The van der Waals surface area contributed by atoms with Gasteiger partial charge in [-0.25, -0.2) is 8.42 Å². The van der Waals surface area contributed by atoms with Gasteiger partial charge in [-0.15, -0.1) is 0 Å². The number of benzene rings is 1. The molecule has 2 unspecified atom stereocenters. The molecule has 2 atom stereocenters. The van der Waals surface area contributed by atoms with E-state index in [0.29, 0.717) is 6.54 Å². The van der Waals surface area contributed by atoms with E-state index < -0.39 is 9.84 Å². The summed E-state index contributed by atoms with van der Waals surface area (Å²) in [6.45, 7) is 2.95. The Labute approximate surface area is 151 Å². The Hall–Kier alpha value is -1.56. The minimum atomic E-state index is -2.98. The molecule has 25 heavy (non-hydrogen) atoms. The number of nitrogens with one attached hydrogen (secondary N) is 1. The van der Waals surface area contributed by atoms with E-state index in [1.165, 1.54) is 31.9 Å². The van der Waals surface area contributed by atoms with Gasteiger partial charge in [0.25, 0.3) is 0 Å². The van der Waals surface area contributed by atoms with Gasteiger partial charge in [0.05, 0.1) is 5.75 Å². The van der Waals surface area contributed by atoms with E-state index in [9.17, 15) is 8.42 Å². The van der Waals surface area contributed by atoms with Crippen LogP contribution in [0.15, 0.2) is 29.3 Å². The van der Waals surface area contributed by atoms with Crippen molar-refractivity contribution in [2.24, 2.45) is 16.8 Å². The Kier molecular flexibility index (Phi) is 5.67. The van der Waals surface area contributed by atoms with Gasteiger partial charge >= 0.3 is 0 Å². The molecule has 1 aliphatic carbocycles. The fraction of sp³-hybridized carbons (Fsp3) is 0.632. The smallest absolute Gasteiger partial charge is 0.193 e. The monoisotopic (exact) mass is 363 g/mol. The van der Waals surface area contributed by atoms with E-state index in [2.05, 4.69) is 15.2 Å². The first-order valence-corrected chi connectivity index (χ1v) is 11.2. The zero-order chi connectivity index (χ0) is 17.9. The summed E-state index contributed by atoms with van der Waals surface area (Å²) < 4.78 is 22.7. The molecular formula is C19H29N3O2S. The van der Waals surface area contributed by atoms with Gasteiger partial charge in [-0.05, 0) is 35.8 Å². The standard InChI is InChI=1S/C19H29N3O2S/c1-20-19(22-12-17-5-3-4-6-18(17)13-22)21-11-15-7-9-16(10-8-15)14-25(2,23)24/h7-10,17-18H,3-6,11-14H2,1-2H3,(H,20,21). The van der Waals surface area contributed by atoms with Crippen molar-refractivity contribution < 1.29 is 8.42 Å². The van der Waals surface area contributed by atoms with Crippen molar-refractivity contribution in [3.05, 3.63) is 35.4 Å². The van der Waals surface area contributed by atoms with E-state index in [4.69, 9.17) is 0 Å². The second-order valence-electron chi connectivity index (χ2n) is 7.50. The topological polar surface area (TPSA) is 61.8 Å². The molecule has 1 aromatic carbocycles. The number of fused-ring (bicyclic) bond motifs is 1. The third-order valence-corrected chi connectivity index (χ3v) is 6.25. The van der Waals surface area contributed by atoms with Crippen LogP contribution >= 0.6 is 0 Å². The van der Waals surface area contributed by atoms with Crippen LogP contribution in [0.3, 0.4) is 0 Å². The molecule has 1 aromatic rings. The van der Waals surface area contributed by atoms with Crippen LogP contribution in [0.4, 0.5) is 0 Å². The predicted octanol–water partition coefficient (Wildman–Crippen LogP) is 2.43. The maximum Gasteiger partial charge on any atom is 0.193 e. The highest BCUT2D eigenvalue weighted by molar-refractivity contribution is 7.89. The minimum Gasteiger partial charge on any atom is -0.352 e. The molecule has 3 rings (SSSR count). The van der Waals surface area contributed by atoms with Crippen LogP contribution in [-0.4, -0.2) is 45.7 Å². The third kappa shape index (κ3) is 4.97. The number of sulfone groups is 1. The van der Waals surface area contributed by atoms with Crippen LogP contribution < -0.4 is 5.32 Å². The van der Waals surface area contributed by atoms with Gasteiger partial charge in [0.2, 0.25) is 0 Å². The lowest BCUT2D eigenvalue weighted by Gasteiger charge is -2.22. The van der Waals surface area contributed by atoms with E-state index in [1.807, 2.05) is 31.3 Å². The molecule has 1 N–H and O–H groups in total. The average molecular weight is 364 g/mol. The molecule has 0 amide bonds. The summed E-state index contributed by atoms with van der Waals surface area (Å²) in [6, 6.07) is 7.77. The number of aliphatic imine (C=N–C) groups is 1. The summed E-state index contributed by atoms with van der Waals surface area (Å²) in [7, 11) is -1.14. The number of rotatable bonds is 4. The van der Waals surface area contributed by atoms with Crippen molar-refractivity contribution in [1.82, 2.24) is 10.2 Å². The first-order valence-electron chi connectivity index (χ1n) is 9.16. The molecule has 138 valence electrons. The maximum atomic E-state index is 11.4. The molecule has 0 radical (unpaired) electrons. The van der Waals surface area contributed by atoms with Crippen molar-refractivity contribution in [3.63, 3.8) is 0 Å². The largest absolute Gasteiger partial charge is 0.352 e. The number of likely N-dealkylation sites (tertiary alicyclic amines) is 1. The Morgan fingerprint density at radius 2 is 1.68 bits per heavy atom. The van der Waals surface area contributed by atoms with E-state index >= 15 is 0 Å². The summed E-state index contributed by atoms with van der Waals surface area (Å²) >= 11 is 0. The third-order valence-electron chi connectivity index (χ3n) is 5.39. The molecule has 0 spiro atoms. The van der Waals surface area contributed by atoms with Crippen LogP contribution in [-0.2, 0) is 22.1 Å². The van der Waals surface area contributed by atoms with E-state index in [-0.39, 0.29) is 5.75 Å². The second kappa shape index (κ2) is 7.77. The zero-order valence-electron chi connectivity index (χ0n) is 15.2. The highest BCUT2D eigenvalue weighted by atomic mass is 32.2.